The fourth-order valence-electron chi connectivity index (χ4n) is 2.28. The van der Waals surface area contributed by atoms with E-state index in [1.165, 1.54) is 0 Å². The SMILES string of the molecule is CCCc1cc(N2CC(C)NCC2C)ncn1. The fourth-order valence-corrected chi connectivity index (χ4v) is 2.28. The maximum Gasteiger partial charge on any atom is 0.132 e. The van der Waals surface area contributed by atoms with Crippen LogP contribution in [0, 0.1) is 0 Å². The molecule has 2 heterocycles. The molecule has 2 unspecified atom stereocenters. The first-order valence-corrected chi connectivity index (χ1v) is 6.51. The Morgan fingerprint density at radius 2 is 2.24 bits per heavy atom. The molecule has 94 valence electrons. The zero-order valence-electron chi connectivity index (χ0n) is 11.0. The Kier molecular flexibility index (Phi) is 3.94. The van der Waals surface area contributed by atoms with E-state index in [9.17, 15) is 0 Å². The Morgan fingerprint density at radius 3 is 3.00 bits per heavy atom. The molecule has 1 aliphatic rings. The van der Waals surface area contributed by atoms with Crippen molar-refractivity contribution in [3.8, 4) is 0 Å². The van der Waals surface area contributed by atoms with Gasteiger partial charge in [0.15, 0.2) is 0 Å². The maximum atomic E-state index is 4.42. The number of aromatic nitrogens is 2. The number of nitrogens with zero attached hydrogens (tertiary/aromatic N) is 3. The van der Waals surface area contributed by atoms with E-state index >= 15 is 0 Å². The normalized spacial score (nSPS) is 25.0. The average Bonchev–Trinajstić information content (AvgIpc) is 2.33. The summed E-state index contributed by atoms with van der Waals surface area (Å²) in [6.45, 7) is 8.67. The molecule has 17 heavy (non-hydrogen) atoms. The molecular weight excluding hydrogens is 212 g/mol. The monoisotopic (exact) mass is 234 g/mol. The Balaban J connectivity index is 2.16. The van der Waals surface area contributed by atoms with Crippen LogP contribution in [0.3, 0.4) is 0 Å². The van der Waals surface area contributed by atoms with Crippen molar-refractivity contribution >= 4 is 5.82 Å². The minimum atomic E-state index is 0.496. The van der Waals surface area contributed by atoms with Gasteiger partial charge in [0, 0.05) is 36.9 Å². The van der Waals surface area contributed by atoms with Gasteiger partial charge in [-0.2, -0.15) is 0 Å². The lowest BCUT2D eigenvalue weighted by Crippen LogP contribution is -2.54. The van der Waals surface area contributed by atoms with Crippen LogP contribution in [0.1, 0.15) is 32.9 Å². The summed E-state index contributed by atoms with van der Waals surface area (Å²) in [7, 11) is 0. The van der Waals surface area contributed by atoms with E-state index in [2.05, 4.69) is 47.0 Å². The average molecular weight is 234 g/mol. The van der Waals surface area contributed by atoms with Gasteiger partial charge in [0.1, 0.15) is 12.1 Å². The molecule has 1 N–H and O–H groups in total. The molecule has 2 atom stereocenters. The third-order valence-electron chi connectivity index (χ3n) is 3.27. The first-order valence-electron chi connectivity index (χ1n) is 6.51. The molecule has 0 aromatic carbocycles. The van der Waals surface area contributed by atoms with E-state index in [0.717, 1.165) is 37.4 Å². The van der Waals surface area contributed by atoms with Crippen LogP contribution in [-0.4, -0.2) is 35.1 Å². The molecule has 0 saturated carbocycles. The molecule has 1 aromatic rings. The van der Waals surface area contributed by atoms with Crippen LogP contribution in [0.5, 0.6) is 0 Å². The van der Waals surface area contributed by atoms with Gasteiger partial charge in [0.25, 0.3) is 0 Å². The van der Waals surface area contributed by atoms with E-state index < -0.39 is 0 Å². The molecule has 1 aliphatic heterocycles. The van der Waals surface area contributed by atoms with Crippen LogP contribution in [0.15, 0.2) is 12.4 Å². The molecule has 0 bridgehead atoms. The van der Waals surface area contributed by atoms with Gasteiger partial charge in [0.2, 0.25) is 0 Å². The van der Waals surface area contributed by atoms with E-state index in [4.69, 9.17) is 0 Å². The Labute approximate surface area is 103 Å². The minimum absolute atomic E-state index is 0.496. The molecule has 4 heteroatoms. The second-order valence-electron chi connectivity index (χ2n) is 4.93. The van der Waals surface area contributed by atoms with Gasteiger partial charge in [0.05, 0.1) is 0 Å². The first-order chi connectivity index (χ1) is 8.20. The molecule has 2 rings (SSSR count). The van der Waals surface area contributed by atoms with Crippen molar-refractivity contribution in [3.63, 3.8) is 0 Å². The largest absolute Gasteiger partial charge is 0.351 e. The third-order valence-corrected chi connectivity index (χ3v) is 3.27. The van der Waals surface area contributed by atoms with Crippen LogP contribution in [-0.2, 0) is 6.42 Å². The second kappa shape index (κ2) is 5.45. The van der Waals surface area contributed by atoms with Gasteiger partial charge in [-0.15, -0.1) is 0 Å². The van der Waals surface area contributed by atoms with Gasteiger partial charge in [-0.25, -0.2) is 9.97 Å². The second-order valence-corrected chi connectivity index (χ2v) is 4.93. The van der Waals surface area contributed by atoms with Crippen LogP contribution < -0.4 is 10.2 Å². The highest BCUT2D eigenvalue weighted by molar-refractivity contribution is 5.41. The molecule has 0 amide bonds. The number of rotatable bonds is 3. The lowest BCUT2D eigenvalue weighted by molar-refractivity contribution is 0.422. The number of piperazine rings is 1. The minimum Gasteiger partial charge on any atom is -0.351 e. The number of anilines is 1. The highest BCUT2D eigenvalue weighted by Crippen LogP contribution is 2.17. The van der Waals surface area contributed by atoms with Crippen LogP contribution in [0.4, 0.5) is 5.82 Å². The highest BCUT2D eigenvalue weighted by atomic mass is 15.3. The van der Waals surface area contributed by atoms with Gasteiger partial charge in [-0.05, 0) is 20.3 Å². The fraction of sp³-hybridized carbons (Fsp3) is 0.692. The third kappa shape index (κ3) is 2.94. The van der Waals surface area contributed by atoms with E-state index in [0.29, 0.717) is 12.1 Å². The summed E-state index contributed by atoms with van der Waals surface area (Å²) in [5.41, 5.74) is 1.15. The number of hydrogen-bond donors (Lipinski definition) is 1. The molecule has 1 saturated heterocycles. The standard InChI is InChI=1S/C13H22N4/c1-4-5-12-6-13(16-9-15-12)17-8-10(2)14-7-11(17)3/h6,9-11,14H,4-5,7-8H2,1-3H3. The maximum absolute atomic E-state index is 4.42. The number of aryl methyl sites for hydroxylation is 1. The molecular formula is C13H22N4. The Hall–Kier alpha value is -1.16. The summed E-state index contributed by atoms with van der Waals surface area (Å²) in [5, 5.41) is 3.49. The van der Waals surface area contributed by atoms with Crippen molar-refractivity contribution in [1.82, 2.24) is 15.3 Å². The molecule has 0 aliphatic carbocycles. The highest BCUT2D eigenvalue weighted by Gasteiger charge is 2.23. The lowest BCUT2D eigenvalue weighted by atomic mass is 10.1. The summed E-state index contributed by atoms with van der Waals surface area (Å²) in [5.74, 6) is 1.07. The summed E-state index contributed by atoms with van der Waals surface area (Å²) < 4.78 is 0. The predicted octanol–water partition coefficient (Wildman–Crippen LogP) is 1.62. The van der Waals surface area contributed by atoms with E-state index in [1.54, 1.807) is 6.33 Å². The summed E-state index contributed by atoms with van der Waals surface area (Å²) in [4.78, 5) is 11.1. The molecule has 1 aromatic heterocycles. The molecule has 4 nitrogen and oxygen atoms in total. The quantitative estimate of drug-likeness (QED) is 0.863. The number of hydrogen-bond acceptors (Lipinski definition) is 4. The Morgan fingerprint density at radius 1 is 1.41 bits per heavy atom. The van der Waals surface area contributed by atoms with Crippen molar-refractivity contribution in [2.75, 3.05) is 18.0 Å². The van der Waals surface area contributed by atoms with E-state index in [-0.39, 0.29) is 0 Å². The lowest BCUT2D eigenvalue weighted by Gasteiger charge is -2.38. The van der Waals surface area contributed by atoms with Gasteiger partial charge in [-0.1, -0.05) is 13.3 Å². The Bertz CT molecular complexity index is 366. The van der Waals surface area contributed by atoms with Crippen LogP contribution in [0.25, 0.3) is 0 Å². The van der Waals surface area contributed by atoms with Gasteiger partial charge >= 0.3 is 0 Å². The van der Waals surface area contributed by atoms with Crippen molar-refractivity contribution in [3.05, 3.63) is 18.1 Å². The zero-order valence-corrected chi connectivity index (χ0v) is 11.0. The van der Waals surface area contributed by atoms with E-state index in [1.807, 2.05) is 0 Å². The van der Waals surface area contributed by atoms with Crippen molar-refractivity contribution in [2.24, 2.45) is 0 Å². The first kappa shape index (κ1) is 12.3. The zero-order chi connectivity index (χ0) is 12.3. The van der Waals surface area contributed by atoms with Gasteiger partial charge in [-0.3, -0.25) is 0 Å². The molecule has 1 fully saturated rings. The smallest absolute Gasteiger partial charge is 0.132 e. The number of nitrogens with one attached hydrogen (secondary N) is 1. The van der Waals surface area contributed by atoms with Crippen LogP contribution >= 0.6 is 0 Å². The topological polar surface area (TPSA) is 41.0 Å². The van der Waals surface area contributed by atoms with Crippen molar-refractivity contribution in [2.45, 2.75) is 45.7 Å². The summed E-state index contributed by atoms with van der Waals surface area (Å²) in [6.07, 6.45) is 3.86. The van der Waals surface area contributed by atoms with Crippen LogP contribution in [0.2, 0.25) is 0 Å². The molecule has 0 spiro atoms. The molecule has 0 radical (unpaired) electrons. The summed E-state index contributed by atoms with van der Waals surface area (Å²) >= 11 is 0. The van der Waals surface area contributed by atoms with Gasteiger partial charge < -0.3 is 10.2 Å². The predicted molar refractivity (Wildman–Crippen MR) is 70.3 cm³/mol. The summed E-state index contributed by atoms with van der Waals surface area (Å²) in [6, 6.07) is 3.16. The van der Waals surface area contributed by atoms with Crippen molar-refractivity contribution < 1.29 is 0 Å². The van der Waals surface area contributed by atoms with Crippen molar-refractivity contribution in [1.29, 1.82) is 0 Å².